The zero-order chi connectivity index (χ0) is 17.8. The summed E-state index contributed by atoms with van der Waals surface area (Å²) in [6, 6.07) is 9.63. The Labute approximate surface area is 153 Å². The van der Waals surface area contributed by atoms with Crippen molar-refractivity contribution in [3.63, 3.8) is 0 Å². The summed E-state index contributed by atoms with van der Waals surface area (Å²) >= 11 is 0. The maximum Gasteiger partial charge on any atom is 0.225 e. The minimum atomic E-state index is -0.433. The Balaban J connectivity index is 1.25. The average molecular weight is 352 g/mol. The molecule has 2 aliphatic rings. The van der Waals surface area contributed by atoms with Gasteiger partial charge in [-0.1, -0.05) is 12.1 Å². The lowest BCUT2D eigenvalue weighted by molar-refractivity contribution is 0.249. The molecule has 1 atom stereocenters. The van der Waals surface area contributed by atoms with E-state index < -0.39 is 6.23 Å². The number of anilines is 1. The van der Waals surface area contributed by atoms with Crippen LogP contribution in [0.2, 0.25) is 0 Å². The van der Waals surface area contributed by atoms with Crippen molar-refractivity contribution in [1.29, 1.82) is 0 Å². The third kappa shape index (κ3) is 3.84. The second kappa shape index (κ2) is 7.80. The van der Waals surface area contributed by atoms with E-state index in [1.165, 1.54) is 0 Å². The Morgan fingerprint density at radius 1 is 1.04 bits per heavy atom. The number of piperazine rings is 1. The minimum Gasteiger partial charge on any atom is -0.468 e. The molecule has 0 saturated carbocycles. The molecule has 1 fully saturated rings. The molecule has 0 aliphatic carbocycles. The van der Waals surface area contributed by atoms with Gasteiger partial charge in [0.25, 0.3) is 0 Å². The van der Waals surface area contributed by atoms with Gasteiger partial charge >= 0.3 is 0 Å². The number of nitrogens with zero attached hydrogens (tertiary/aromatic N) is 5. The Hall–Kier alpha value is -2.51. The summed E-state index contributed by atoms with van der Waals surface area (Å²) in [5.74, 6) is 1.59. The second-order valence-corrected chi connectivity index (χ2v) is 6.59. The van der Waals surface area contributed by atoms with Gasteiger partial charge in [0.1, 0.15) is 11.4 Å². The maximum atomic E-state index is 6.11. The molecule has 0 radical (unpaired) electrons. The summed E-state index contributed by atoms with van der Waals surface area (Å²) in [7, 11) is 0. The molecule has 1 saturated heterocycles. The molecule has 4 rings (SSSR count). The van der Waals surface area contributed by atoms with Crippen LogP contribution < -0.4 is 15.4 Å². The summed E-state index contributed by atoms with van der Waals surface area (Å²) in [4.78, 5) is 18.1. The smallest absolute Gasteiger partial charge is 0.225 e. The second-order valence-electron chi connectivity index (χ2n) is 6.59. The lowest BCUT2D eigenvalue weighted by Gasteiger charge is -2.34. The number of hydrogen-bond acceptors (Lipinski definition) is 7. The van der Waals surface area contributed by atoms with Crippen molar-refractivity contribution in [3.8, 4) is 5.75 Å². The molecule has 2 aliphatic heterocycles. The molecule has 26 heavy (non-hydrogen) atoms. The highest BCUT2D eigenvalue weighted by molar-refractivity contribution is 5.92. The topological polar surface area (TPSA) is 79.9 Å². The lowest BCUT2D eigenvalue weighted by Crippen LogP contribution is -2.47. The van der Waals surface area contributed by atoms with Gasteiger partial charge in [0.15, 0.2) is 6.23 Å². The van der Waals surface area contributed by atoms with Crippen molar-refractivity contribution < 1.29 is 4.74 Å². The first-order valence-corrected chi connectivity index (χ1v) is 9.12. The van der Waals surface area contributed by atoms with Gasteiger partial charge < -0.3 is 9.64 Å². The van der Waals surface area contributed by atoms with Crippen LogP contribution >= 0.6 is 0 Å². The number of para-hydroxylation sites is 2. The van der Waals surface area contributed by atoms with Crippen molar-refractivity contribution >= 4 is 17.3 Å². The first kappa shape index (κ1) is 16.9. The predicted molar refractivity (Wildman–Crippen MR) is 102 cm³/mol. The van der Waals surface area contributed by atoms with E-state index in [0.29, 0.717) is 0 Å². The largest absolute Gasteiger partial charge is 0.468 e. The molecule has 136 valence electrons. The van der Waals surface area contributed by atoms with E-state index in [2.05, 4.69) is 24.8 Å². The Morgan fingerprint density at radius 3 is 2.62 bits per heavy atom. The first-order valence-electron chi connectivity index (χ1n) is 9.12. The molecule has 2 N–H and O–H groups in total. The van der Waals surface area contributed by atoms with E-state index in [1.807, 2.05) is 30.3 Å². The zero-order valence-electron chi connectivity index (χ0n) is 14.8. The normalized spacial score (nSPS) is 20.3. The SMILES string of the molecule is NC1Oc2ccccc2N=C1CCCN1CCN(c2ncccn2)CC1. The number of ether oxygens (including phenoxy) is 1. The molecule has 3 heterocycles. The third-order valence-corrected chi connectivity index (χ3v) is 4.83. The van der Waals surface area contributed by atoms with Crippen molar-refractivity contribution in [2.75, 3.05) is 37.6 Å². The molecule has 0 amide bonds. The van der Waals surface area contributed by atoms with Crippen molar-refractivity contribution in [1.82, 2.24) is 14.9 Å². The van der Waals surface area contributed by atoms with Gasteiger partial charge in [0.2, 0.25) is 5.95 Å². The van der Waals surface area contributed by atoms with Crippen LogP contribution in [0.15, 0.2) is 47.7 Å². The number of aliphatic imine (C=N–C) groups is 1. The maximum absolute atomic E-state index is 6.11. The van der Waals surface area contributed by atoms with Crippen molar-refractivity contribution in [3.05, 3.63) is 42.7 Å². The number of benzene rings is 1. The molecule has 7 nitrogen and oxygen atoms in total. The zero-order valence-corrected chi connectivity index (χ0v) is 14.8. The van der Waals surface area contributed by atoms with Gasteiger partial charge in [0, 0.05) is 38.6 Å². The summed E-state index contributed by atoms with van der Waals surface area (Å²) in [5.41, 5.74) is 7.91. The fraction of sp³-hybridized carbons (Fsp3) is 0.421. The van der Waals surface area contributed by atoms with Gasteiger partial charge in [-0.2, -0.15) is 0 Å². The average Bonchev–Trinajstić information content (AvgIpc) is 2.69. The minimum absolute atomic E-state index is 0.433. The van der Waals surface area contributed by atoms with Gasteiger partial charge in [0.05, 0.1) is 5.71 Å². The highest BCUT2D eigenvalue weighted by Gasteiger charge is 2.22. The first-order chi connectivity index (χ1) is 12.8. The van der Waals surface area contributed by atoms with Crippen LogP contribution in [0, 0.1) is 0 Å². The predicted octanol–water partition coefficient (Wildman–Crippen LogP) is 1.83. The quantitative estimate of drug-likeness (QED) is 0.884. The molecular weight excluding hydrogens is 328 g/mol. The van der Waals surface area contributed by atoms with Crippen LogP contribution in [-0.4, -0.2) is 59.5 Å². The Morgan fingerprint density at radius 2 is 1.81 bits per heavy atom. The van der Waals surface area contributed by atoms with Crippen molar-refractivity contribution in [2.45, 2.75) is 19.1 Å². The summed E-state index contributed by atoms with van der Waals surface area (Å²) < 4.78 is 5.76. The van der Waals surface area contributed by atoms with Crippen LogP contribution in [0.25, 0.3) is 0 Å². The Bertz CT molecular complexity index is 758. The molecule has 1 aromatic heterocycles. The number of rotatable bonds is 5. The molecule has 1 unspecified atom stereocenters. The van der Waals surface area contributed by atoms with E-state index in [4.69, 9.17) is 10.5 Å². The number of nitrogens with two attached hydrogens (primary N) is 1. The van der Waals surface area contributed by atoms with E-state index in [9.17, 15) is 0 Å². The van der Waals surface area contributed by atoms with Crippen LogP contribution in [0.1, 0.15) is 12.8 Å². The van der Waals surface area contributed by atoms with Gasteiger partial charge in [-0.3, -0.25) is 10.6 Å². The van der Waals surface area contributed by atoms with Crippen LogP contribution in [0.4, 0.5) is 11.6 Å². The number of aromatic nitrogens is 2. The van der Waals surface area contributed by atoms with Crippen LogP contribution in [0.5, 0.6) is 5.75 Å². The van der Waals surface area contributed by atoms with E-state index >= 15 is 0 Å². The van der Waals surface area contributed by atoms with Crippen molar-refractivity contribution in [2.24, 2.45) is 10.7 Å². The van der Waals surface area contributed by atoms with E-state index in [-0.39, 0.29) is 0 Å². The number of hydrogen-bond donors (Lipinski definition) is 1. The van der Waals surface area contributed by atoms with Crippen LogP contribution in [0.3, 0.4) is 0 Å². The Kier molecular flexibility index (Phi) is 5.08. The molecular formula is C19H24N6O. The van der Waals surface area contributed by atoms with Gasteiger partial charge in [-0.15, -0.1) is 0 Å². The summed E-state index contributed by atoms with van der Waals surface area (Å²) in [6.45, 7) is 5.00. The highest BCUT2D eigenvalue weighted by atomic mass is 16.5. The molecule has 0 spiro atoms. The van der Waals surface area contributed by atoms with E-state index in [0.717, 1.165) is 68.7 Å². The molecule has 0 bridgehead atoms. The monoisotopic (exact) mass is 352 g/mol. The molecule has 1 aromatic carbocycles. The van der Waals surface area contributed by atoms with Gasteiger partial charge in [-0.25, -0.2) is 15.0 Å². The lowest BCUT2D eigenvalue weighted by atomic mass is 10.1. The standard InChI is InChI=1S/C19H24N6O/c20-18-16(23-15-5-1-2-7-17(15)26-18)6-3-10-24-11-13-25(14-12-24)19-21-8-4-9-22-19/h1-2,4-5,7-9,18H,3,6,10-14,20H2. The fourth-order valence-electron chi connectivity index (χ4n) is 3.38. The van der Waals surface area contributed by atoms with Gasteiger partial charge in [-0.05, 0) is 37.6 Å². The number of fused-ring (bicyclic) bond motifs is 1. The van der Waals surface area contributed by atoms with E-state index in [1.54, 1.807) is 12.4 Å². The van der Waals surface area contributed by atoms with Crippen LogP contribution in [-0.2, 0) is 0 Å². The fourth-order valence-corrected chi connectivity index (χ4v) is 3.38. The summed E-state index contributed by atoms with van der Waals surface area (Å²) in [5, 5.41) is 0. The highest BCUT2D eigenvalue weighted by Crippen LogP contribution is 2.31. The molecule has 2 aromatic rings. The molecule has 7 heteroatoms. The summed E-state index contributed by atoms with van der Waals surface area (Å²) in [6.07, 6.45) is 5.04. The third-order valence-electron chi connectivity index (χ3n) is 4.83.